The van der Waals surface area contributed by atoms with E-state index >= 15 is 0 Å². The van der Waals surface area contributed by atoms with Gasteiger partial charge in [0.2, 0.25) is 0 Å². The van der Waals surface area contributed by atoms with Gasteiger partial charge in [-0.3, -0.25) is 0 Å². The van der Waals surface area contributed by atoms with Crippen LogP contribution in [-0.4, -0.2) is 25.2 Å². The van der Waals surface area contributed by atoms with Gasteiger partial charge in [0, 0.05) is 11.8 Å². The molecular weight excluding hydrogens is 242 g/mol. The number of benzene rings is 1. The van der Waals surface area contributed by atoms with Crippen molar-refractivity contribution in [2.24, 2.45) is 0 Å². The van der Waals surface area contributed by atoms with Crippen LogP contribution in [0.3, 0.4) is 0 Å². The highest BCUT2D eigenvalue weighted by Crippen LogP contribution is 2.21. The van der Waals surface area contributed by atoms with E-state index in [4.69, 9.17) is 4.74 Å². The molecule has 1 N–H and O–H groups in total. The van der Waals surface area contributed by atoms with E-state index in [1.807, 2.05) is 25.7 Å². The summed E-state index contributed by atoms with van der Waals surface area (Å²) < 4.78 is 5.46. The summed E-state index contributed by atoms with van der Waals surface area (Å²) in [5, 5.41) is 3.39. The molecule has 0 amide bonds. The van der Waals surface area contributed by atoms with Gasteiger partial charge in [0.25, 0.3) is 0 Å². The van der Waals surface area contributed by atoms with Crippen LogP contribution >= 0.6 is 11.8 Å². The minimum Gasteiger partial charge on any atom is -0.494 e. The Hall–Kier alpha value is -0.670. The van der Waals surface area contributed by atoms with E-state index in [9.17, 15) is 0 Å². The first kappa shape index (κ1) is 15.4. The Bertz CT molecular complexity index is 313. The Morgan fingerprint density at radius 2 is 1.94 bits per heavy atom. The molecule has 3 heteroatoms. The molecule has 0 aliphatic rings. The fraction of sp³-hybridized carbons (Fsp3) is 0.600. The Kier molecular flexibility index (Phi) is 7.94. The SMILES string of the molecule is CCCCSCC(NC)c1ccc(OCC)cc1. The highest BCUT2D eigenvalue weighted by molar-refractivity contribution is 7.99. The summed E-state index contributed by atoms with van der Waals surface area (Å²) in [5.74, 6) is 3.34. The molecular formula is C15H25NOS. The Morgan fingerprint density at radius 1 is 1.22 bits per heavy atom. The number of nitrogens with one attached hydrogen (secondary N) is 1. The smallest absolute Gasteiger partial charge is 0.119 e. The second-order valence-corrected chi connectivity index (χ2v) is 5.42. The third-order valence-electron chi connectivity index (χ3n) is 2.87. The average Bonchev–Trinajstić information content (AvgIpc) is 2.41. The van der Waals surface area contributed by atoms with E-state index < -0.39 is 0 Å². The van der Waals surface area contributed by atoms with Gasteiger partial charge in [-0.25, -0.2) is 0 Å². The lowest BCUT2D eigenvalue weighted by Gasteiger charge is -2.16. The van der Waals surface area contributed by atoms with Gasteiger partial charge in [-0.15, -0.1) is 0 Å². The normalized spacial score (nSPS) is 12.4. The molecule has 0 radical (unpaired) electrons. The highest BCUT2D eigenvalue weighted by Gasteiger charge is 2.08. The summed E-state index contributed by atoms with van der Waals surface area (Å²) in [6.45, 7) is 4.97. The lowest BCUT2D eigenvalue weighted by Crippen LogP contribution is -2.18. The van der Waals surface area contributed by atoms with Gasteiger partial charge in [-0.1, -0.05) is 25.5 Å². The van der Waals surface area contributed by atoms with Crippen molar-refractivity contribution in [1.82, 2.24) is 5.32 Å². The molecule has 1 aromatic carbocycles. The van der Waals surface area contributed by atoms with Gasteiger partial charge < -0.3 is 10.1 Å². The van der Waals surface area contributed by atoms with Crippen molar-refractivity contribution in [3.05, 3.63) is 29.8 Å². The zero-order chi connectivity index (χ0) is 13.2. The van der Waals surface area contributed by atoms with Crippen LogP contribution in [0.2, 0.25) is 0 Å². The molecule has 0 aliphatic carbocycles. The molecule has 18 heavy (non-hydrogen) atoms. The van der Waals surface area contributed by atoms with Crippen LogP contribution in [0.4, 0.5) is 0 Å². The molecule has 0 fully saturated rings. The van der Waals surface area contributed by atoms with Crippen LogP contribution in [0, 0.1) is 0 Å². The molecule has 0 heterocycles. The van der Waals surface area contributed by atoms with E-state index in [1.165, 1.54) is 24.2 Å². The van der Waals surface area contributed by atoms with Gasteiger partial charge in [0.15, 0.2) is 0 Å². The monoisotopic (exact) mass is 267 g/mol. The molecule has 0 spiro atoms. The summed E-state index contributed by atoms with van der Waals surface area (Å²) in [5.41, 5.74) is 1.34. The second kappa shape index (κ2) is 9.29. The standard InChI is InChI=1S/C15H25NOS/c1-4-6-11-18-12-15(16-3)13-7-9-14(10-8-13)17-5-2/h7-10,15-16H,4-6,11-12H2,1-3H3. The summed E-state index contributed by atoms with van der Waals surface area (Å²) in [6.07, 6.45) is 2.59. The van der Waals surface area contributed by atoms with Crippen LogP contribution in [0.25, 0.3) is 0 Å². The highest BCUT2D eigenvalue weighted by atomic mass is 32.2. The second-order valence-electron chi connectivity index (χ2n) is 4.27. The maximum absolute atomic E-state index is 5.46. The van der Waals surface area contributed by atoms with E-state index in [0.29, 0.717) is 6.04 Å². The largest absolute Gasteiger partial charge is 0.494 e. The van der Waals surface area contributed by atoms with Crippen LogP contribution in [0.1, 0.15) is 38.3 Å². The fourth-order valence-corrected chi connectivity index (χ4v) is 3.01. The molecule has 0 aromatic heterocycles. The fourth-order valence-electron chi connectivity index (χ4n) is 1.76. The van der Waals surface area contributed by atoms with Gasteiger partial charge in [0.05, 0.1) is 6.61 Å². The van der Waals surface area contributed by atoms with Gasteiger partial charge >= 0.3 is 0 Å². The number of rotatable bonds is 9. The van der Waals surface area contributed by atoms with Gasteiger partial charge in [-0.05, 0) is 43.8 Å². The predicted molar refractivity (Wildman–Crippen MR) is 81.6 cm³/mol. The van der Waals surface area contributed by atoms with Crippen LogP contribution in [-0.2, 0) is 0 Å². The third-order valence-corrected chi connectivity index (χ3v) is 4.02. The molecule has 1 atom stereocenters. The van der Waals surface area contributed by atoms with Crippen molar-refractivity contribution in [1.29, 1.82) is 0 Å². The maximum Gasteiger partial charge on any atom is 0.119 e. The zero-order valence-corrected chi connectivity index (χ0v) is 12.6. The first-order valence-corrected chi connectivity index (χ1v) is 7.95. The number of ether oxygens (including phenoxy) is 1. The number of thioether (sulfide) groups is 1. The Balaban J connectivity index is 2.48. The van der Waals surface area contributed by atoms with Crippen molar-refractivity contribution in [3.8, 4) is 5.75 Å². The van der Waals surface area contributed by atoms with Gasteiger partial charge in [-0.2, -0.15) is 11.8 Å². The minimum absolute atomic E-state index is 0.433. The van der Waals surface area contributed by atoms with Crippen molar-refractivity contribution in [2.45, 2.75) is 32.7 Å². The summed E-state index contributed by atoms with van der Waals surface area (Å²) in [7, 11) is 2.03. The number of hydrogen-bond donors (Lipinski definition) is 1. The van der Waals surface area contributed by atoms with E-state index in [1.54, 1.807) is 0 Å². The van der Waals surface area contributed by atoms with Crippen LogP contribution in [0.5, 0.6) is 5.75 Å². The lowest BCUT2D eigenvalue weighted by atomic mass is 10.1. The molecule has 0 bridgehead atoms. The van der Waals surface area contributed by atoms with E-state index in [-0.39, 0.29) is 0 Å². The quantitative estimate of drug-likeness (QED) is 0.686. The molecule has 0 aliphatic heterocycles. The Labute approximate surface area is 116 Å². The lowest BCUT2D eigenvalue weighted by molar-refractivity contribution is 0.340. The van der Waals surface area contributed by atoms with E-state index in [2.05, 4.69) is 36.5 Å². The summed E-state index contributed by atoms with van der Waals surface area (Å²) in [4.78, 5) is 0. The number of unbranched alkanes of at least 4 members (excludes halogenated alkanes) is 1. The van der Waals surface area contributed by atoms with E-state index in [0.717, 1.165) is 18.1 Å². The van der Waals surface area contributed by atoms with Crippen molar-refractivity contribution in [2.75, 3.05) is 25.2 Å². The summed E-state index contributed by atoms with van der Waals surface area (Å²) >= 11 is 2.03. The molecule has 2 nitrogen and oxygen atoms in total. The van der Waals surface area contributed by atoms with Crippen LogP contribution in [0.15, 0.2) is 24.3 Å². The molecule has 1 aromatic rings. The Morgan fingerprint density at radius 3 is 2.50 bits per heavy atom. The van der Waals surface area contributed by atoms with Gasteiger partial charge in [0.1, 0.15) is 5.75 Å². The molecule has 102 valence electrons. The van der Waals surface area contributed by atoms with Crippen molar-refractivity contribution >= 4 is 11.8 Å². The molecule has 1 rings (SSSR count). The minimum atomic E-state index is 0.433. The first-order chi connectivity index (χ1) is 8.81. The molecule has 0 saturated carbocycles. The first-order valence-electron chi connectivity index (χ1n) is 6.79. The third kappa shape index (κ3) is 5.32. The molecule has 1 unspecified atom stereocenters. The number of hydrogen-bond acceptors (Lipinski definition) is 3. The maximum atomic E-state index is 5.46. The van der Waals surface area contributed by atoms with Crippen LogP contribution < -0.4 is 10.1 Å². The van der Waals surface area contributed by atoms with Crippen molar-refractivity contribution < 1.29 is 4.74 Å². The molecule has 0 saturated heterocycles. The zero-order valence-electron chi connectivity index (χ0n) is 11.7. The van der Waals surface area contributed by atoms with Crippen molar-refractivity contribution in [3.63, 3.8) is 0 Å². The topological polar surface area (TPSA) is 21.3 Å². The predicted octanol–water partition coefficient (Wildman–Crippen LogP) is 3.88. The average molecular weight is 267 g/mol. The summed E-state index contributed by atoms with van der Waals surface area (Å²) in [6, 6.07) is 8.86.